The van der Waals surface area contributed by atoms with Gasteiger partial charge in [-0.15, -0.1) is 11.3 Å². The first kappa shape index (κ1) is 14.5. The fraction of sp³-hybridized carbons (Fsp3) is 0.667. The Labute approximate surface area is 120 Å². The van der Waals surface area contributed by atoms with E-state index in [0.29, 0.717) is 5.92 Å². The largest absolute Gasteiger partial charge is 0.321 e. The first-order valence-electron chi connectivity index (χ1n) is 7.29. The molecule has 2 rings (SSSR count). The van der Waals surface area contributed by atoms with E-state index in [1.54, 1.807) is 11.3 Å². The Morgan fingerprint density at radius 3 is 2.84 bits per heavy atom. The summed E-state index contributed by atoms with van der Waals surface area (Å²) < 4.78 is 0. The summed E-state index contributed by atoms with van der Waals surface area (Å²) in [5.41, 5.74) is 0. The molecule has 0 saturated carbocycles. The van der Waals surface area contributed by atoms with E-state index in [1.807, 2.05) is 4.90 Å². The molecule has 0 aliphatic carbocycles. The summed E-state index contributed by atoms with van der Waals surface area (Å²) in [6, 6.07) is 4.16. The normalized spacial score (nSPS) is 25.0. The van der Waals surface area contributed by atoms with Gasteiger partial charge in [-0.2, -0.15) is 0 Å². The van der Waals surface area contributed by atoms with Gasteiger partial charge in [-0.1, -0.05) is 39.7 Å². The molecule has 1 fully saturated rings. The number of hydrogen-bond donors (Lipinski definition) is 1. The molecule has 1 aliphatic heterocycles. The Morgan fingerprint density at radius 1 is 1.47 bits per heavy atom. The SMILES string of the molecule is CCCCN1C(=O)C(C(C)CC)NC1c1cccs1. The second-order valence-corrected chi connectivity index (χ2v) is 6.31. The zero-order valence-electron chi connectivity index (χ0n) is 12.1. The molecule has 4 heteroatoms. The van der Waals surface area contributed by atoms with Gasteiger partial charge in [-0.25, -0.2) is 0 Å². The van der Waals surface area contributed by atoms with Crippen LogP contribution in [0.3, 0.4) is 0 Å². The van der Waals surface area contributed by atoms with Crippen LogP contribution in [-0.2, 0) is 4.79 Å². The summed E-state index contributed by atoms with van der Waals surface area (Å²) in [5.74, 6) is 0.669. The van der Waals surface area contributed by atoms with Gasteiger partial charge in [-0.05, 0) is 23.8 Å². The quantitative estimate of drug-likeness (QED) is 0.866. The van der Waals surface area contributed by atoms with E-state index in [2.05, 4.69) is 43.6 Å². The third-order valence-electron chi connectivity index (χ3n) is 3.98. The summed E-state index contributed by atoms with van der Waals surface area (Å²) in [6.07, 6.45) is 3.30. The molecule has 1 saturated heterocycles. The van der Waals surface area contributed by atoms with E-state index in [9.17, 15) is 4.79 Å². The molecular formula is C15H24N2OS. The lowest BCUT2D eigenvalue weighted by molar-refractivity contribution is -0.131. The lowest BCUT2D eigenvalue weighted by Crippen LogP contribution is -2.35. The molecule has 19 heavy (non-hydrogen) atoms. The van der Waals surface area contributed by atoms with Gasteiger partial charge in [0, 0.05) is 11.4 Å². The van der Waals surface area contributed by atoms with Gasteiger partial charge in [0.25, 0.3) is 0 Å². The fourth-order valence-corrected chi connectivity index (χ4v) is 3.33. The highest BCUT2D eigenvalue weighted by molar-refractivity contribution is 7.10. The molecule has 0 radical (unpaired) electrons. The molecule has 2 heterocycles. The summed E-state index contributed by atoms with van der Waals surface area (Å²) in [7, 11) is 0. The lowest BCUT2D eigenvalue weighted by Gasteiger charge is -2.23. The molecule has 0 aromatic carbocycles. The smallest absolute Gasteiger partial charge is 0.241 e. The van der Waals surface area contributed by atoms with Crippen molar-refractivity contribution in [3.05, 3.63) is 22.4 Å². The molecule has 3 nitrogen and oxygen atoms in total. The minimum absolute atomic E-state index is 0.0195. The molecule has 1 amide bonds. The van der Waals surface area contributed by atoms with Crippen molar-refractivity contribution in [1.29, 1.82) is 0 Å². The monoisotopic (exact) mass is 280 g/mol. The van der Waals surface area contributed by atoms with Crippen LogP contribution in [0.4, 0.5) is 0 Å². The molecule has 3 unspecified atom stereocenters. The maximum Gasteiger partial charge on any atom is 0.241 e. The van der Waals surface area contributed by atoms with Crippen LogP contribution < -0.4 is 5.32 Å². The molecule has 1 N–H and O–H groups in total. The Bertz CT molecular complexity index is 404. The van der Waals surface area contributed by atoms with Gasteiger partial charge in [0.1, 0.15) is 6.17 Å². The number of nitrogens with one attached hydrogen (secondary N) is 1. The highest BCUT2D eigenvalue weighted by atomic mass is 32.1. The maximum atomic E-state index is 12.6. The third kappa shape index (κ3) is 3.00. The Kier molecular flexibility index (Phi) is 4.99. The Balaban J connectivity index is 2.17. The minimum atomic E-state index is -0.0195. The molecule has 106 valence electrons. The van der Waals surface area contributed by atoms with Crippen molar-refractivity contribution < 1.29 is 4.79 Å². The molecule has 0 spiro atoms. The Morgan fingerprint density at radius 2 is 2.26 bits per heavy atom. The van der Waals surface area contributed by atoms with Gasteiger partial charge >= 0.3 is 0 Å². The number of amides is 1. The highest BCUT2D eigenvalue weighted by Crippen LogP contribution is 2.31. The first-order valence-corrected chi connectivity index (χ1v) is 8.16. The van der Waals surface area contributed by atoms with Crippen LogP contribution in [0.5, 0.6) is 0 Å². The van der Waals surface area contributed by atoms with Crippen molar-refractivity contribution in [3.63, 3.8) is 0 Å². The molecule has 0 bridgehead atoms. The number of thiophene rings is 1. The van der Waals surface area contributed by atoms with Crippen LogP contribution in [0.25, 0.3) is 0 Å². The molecule has 1 aromatic rings. The van der Waals surface area contributed by atoms with Crippen molar-refractivity contribution in [2.24, 2.45) is 5.92 Å². The van der Waals surface area contributed by atoms with E-state index in [1.165, 1.54) is 4.88 Å². The maximum absolute atomic E-state index is 12.6. The van der Waals surface area contributed by atoms with Gasteiger partial charge in [0.15, 0.2) is 0 Å². The van der Waals surface area contributed by atoms with Crippen molar-refractivity contribution in [1.82, 2.24) is 10.2 Å². The van der Waals surface area contributed by atoms with Crippen LogP contribution in [-0.4, -0.2) is 23.4 Å². The van der Waals surface area contributed by atoms with Crippen LogP contribution in [0, 0.1) is 5.92 Å². The predicted octanol–water partition coefficient (Wildman–Crippen LogP) is 3.39. The number of hydrogen-bond acceptors (Lipinski definition) is 3. The molecular weight excluding hydrogens is 256 g/mol. The van der Waals surface area contributed by atoms with Crippen molar-refractivity contribution in [2.45, 2.75) is 52.2 Å². The van der Waals surface area contributed by atoms with Crippen LogP contribution in [0.1, 0.15) is 51.1 Å². The fourth-order valence-electron chi connectivity index (χ4n) is 2.53. The highest BCUT2D eigenvalue weighted by Gasteiger charge is 2.41. The van der Waals surface area contributed by atoms with Gasteiger partial charge in [0.2, 0.25) is 5.91 Å². The van der Waals surface area contributed by atoms with Gasteiger partial charge < -0.3 is 4.90 Å². The van der Waals surface area contributed by atoms with E-state index in [4.69, 9.17) is 0 Å². The number of rotatable bonds is 6. The van der Waals surface area contributed by atoms with Gasteiger partial charge in [0.05, 0.1) is 6.04 Å². The lowest BCUT2D eigenvalue weighted by atomic mass is 9.99. The van der Waals surface area contributed by atoms with E-state index in [-0.39, 0.29) is 18.1 Å². The predicted molar refractivity (Wildman–Crippen MR) is 80.1 cm³/mol. The number of carbonyl (C=O) groups is 1. The van der Waals surface area contributed by atoms with Gasteiger partial charge in [-0.3, -0.25) is 10.1 Å². The molecule has 1 aliphatic rings. The zero-order valence-corrected chi connectivity index (χ0v) is 12.9. The topological polar surface area (TPSA) is 32.3 Å². The summed E-state index contributed by atoms with van der Waals surface area (Å²) in [5, 5.41) is 5.62. The van der Waals surface area contributed by atoms with E-state index in [0.717, 1.165) is 25.8 Å². The van der Waals surface area contributed by atoms with Crippen LogP contribution in [0.15, 0.2) is 17.5 Å². The first-order chi connectivity index (χ1) is 9.19. The number of nitrogens with zero attached hydrogens (tertiary/aromatic N) is 1. The third-order valence-corrected chi connectivity index (χ3v) is 4.90. The average molecular weight is 280 g/mol. The van der Waals surface area contributed by atoms with Crippen molar-refractivity contribution in [2.75, 3.05) is 6.54 Å². The zero-order chi connectivity index (χ0) is 13.8. The van der Waals surface area contributed by atoms with Crippen molar-refractivity contribution >= 4 is 17.2 Å². The van der Waals surface area contributed by atoms with Crippen LogP contribution >= 0.6 is 11.3 Å². The van der Waals surface area contributed by atoms with E-state index < -0.39 is 0 Å². The summed E-state index contributed by atoms with van der Waals surface area (Å²) in [6.45, 7) is 7.33. The van der Waals surface area contributed by atoms with E-state index >= 15 is 0 Å². The second-order valence-electron chi connectivity index (χ2n) is 5.33. The summed E-state index contributed by atoms with van der Waals surface area (Å²) in [4.78, 5) is 15.9. The molecule has 1 aromatic heterocycles. The summed E-state index contributed by atoms with van der Waals surface area (Å²) >= 11 is 1.72. The number of carbonyl (C=O) groups excluding carboxylic acids is 1. The molecule has 3 atom stereocenters. The Hall–Kier alpha value is -0.870. The standard InChI is InChI=1S/C15H24N2OS/c1-4-6-9-17-14(12-8-7-10-19-12)16-13(15(17)18)11(3)5-2/h7-8,10-11,13-14,16H,4-6,9H2,1-3H3. The second kappa shape index (κ2) is 6.53. The van der Waals surface area contributed by atoms with Crippen LogP contribution in [0.2, 0.25) is 0 Å². The average Bonchev–Trinajstić information content (AvgIpc) is 3.03. The van der Waals surface area contributed by atoms with Crippen molar-refractivity contribution in [3.8, 4) is 0 Å². The number of unbranched alkanes of at least 4 members (excludes halogenated alkanes) is 1. The minimum Gasteiger partial charge on any atom is -0.321 e.